The van der Waals surface area contributed by atoms with Gasteiger partial charge in [-0.15, -0.1) is 0 Å². The number of benzene rings is 1. The molecule has 1 saturated heterocycles. The van der Waals surface area contributed by atoms with E-state index in [-0.39, 0.29) is 12.1 Å². The molecule has 0 bridgehead atoms. The number of pyridine rings is 1. The van der Waals surface area contributed by atoms with Crippen LogP contribution in [0.25, 0.3) is 0 Å². The van der Waals surface area contributed by atoms with E-state index in [4.69, 9.17) is 9.47 Å². The predicted molar refractivity (Wildman–Crippen MR) is 136 cm³/mol. The Morgan fingerprint density at radius 2 is 1.88 bits per heavy atom. The molecule has 7 nitrogen and oxygen atoms in total. The van der Waals surface area contributed by atoms with Gasteiger partial charge in [0.2, 0.25) is 0 Å². The standard InChI is InChI=1S/C27H34N4O3/c1-20(2)34-27(32)25-24(29-22-9-11-23(33-3)12-10-22)13-14-28-26(25)31-17-15-30(16-18-31)19-21-7-5-4-6-8-21/h4-5,7,9-14,20H,6,8,15-19H2,1-3H3,(H,28,29). The van der Waals surface area contributed by atoms with E-state index in [1.54, 1.807) is 13.3 Å². The van der Waals surface area contributed by atoms with E-state index in [0.29, 0.717) is 17.1 Å². The molecule has 0 amide bonds. The molecular weight excluding hydrogens is 428 g/mol. The first-order chi connectivity index (χ1) is 16.5. The van der Waals surface area contributed by atoms with E-state index in [1.165, 1.54) is 5.57 Å². The number of carbonyl (C=O) groups is 1. The van der Waals surface area contributed by atoms with Crippen molar-refractivity contribution in [2.75, 3.05) is 50.1 Å². The molecule has 0 spiro atoms. The maximum Gasteiger partial charge on any atom is 0.344 e. The molecule has 1 fully saturated rings. The number of hydrogen-bond donors (Lipinski definition) is 1. The van der Waals surface area contributed by atoms with Gasteiger partial charge in [-0.2, -0.15) is 0 Å². The van der Waals surface area contributed by atoms with Crippen LogP contribution in [0.3, 0.4) is 0 Å². The molecule has 0 unspecified atom stereocenters. The van der Waals surface area contributed by atoms with Crippen molar-refractivity contribution in [1.29, 1.82) is 0 Å². The zero-order chi connectivity index (χ0) is 23.9. The molecule has 1 aromatic carbocycles. The average molecular weight is 463 g/mol. The number of allylic oxidation sites excluding steroid dienone is 3. The third-order valence-electron chi connectivity index (χ3n) is 6.05. The van der Waals surface area contributed by atoms with Gasteiger partial charge in [0.05, 0.1) is 18.9 Å². The number of carbonyl (C=O) groups excluding carboxylic acids is 1. The molecule has 0 radical (unpaired) electrons. The van der Waals surface area contributed by atoms with Crippen LogP contribution in [0.1, 0.15) is 37.0 Å². The Kier molecular flexibility index (Phi) is 7.85. The molecule has 2 aromatic rings. The van der Waals surface area contributed by atoms with Gasteiger partial charge in [0, 0.05) is 44.6 Å². The minimum atomic E-state index is -0.365. The third-order valence-corrected chi connectivity index (χ3v) is 6.05. The smallest absolute Gasteiger partial charge is 0.344 e. The second kappa shape index (κ2) is 11.2. The lowest BCUT2D eigenvalue weighted by molar-refractivity contribution is 0.0379. The zero-order valence-corrected chi connectivity index (χ0v) is 20.3. The molecule has 7 heteroatoms. The Morgan fingerprint density at radius 3 is 2.53 bits per heavy atom. The number of ether oxygens (including phenoxy) is 2. The van der Waals surface area contributed by atoms with Gasteiger partial charge in [-0.3, -0.25) is 4.90 Å². The number of nitrogens with one attached hydrogen (secondary N) is 1. The third kappa shape index (κ3) is 5.97. The largest absolute Gasteiger partial charge is 0.497 e. The number of anilines is 3. The lowest BCUT2D eigenvalue weighted by atomic mass is 10.0. The molecule has 1 aromatic heterocycles. The number of methoxy groups -OCH3 is 1. The quantitative estimate of drug-likeness (QED) is 0.566. The number of rotatable bonds is 8. The van der Waals surface area contributed by atoms with E-state index >= 15 is 0 Å². The molecule has 0 atom stereocenters. The lowest BCUT2D eigenvalue weighted by Crippen LogP contribution is -2.47. The summed E-state index contributed by atoms with van der Waals surface area (Å²) in [5, 5.41) is 3.37. The van der Waals surface area contributed by atoms with Crippen LogP contribution in [-0.2, 0) is 4.74 Å². The second-order valence-corrected chi connectivity index (χ2v) is 8.92. The number of nitrogens with zero attached hydrogens (tertiary/aromatic N) is 3. The van der Waals surface area contributed by atoms with Gasteiger partial charge in [0.1, 0.15) is 17.1 Å². The average Bonchev–Trinajstić information content (AvgIpc) is 2.85. The molecule has 0 saturated carbocycles. The highest BCUT2D eigenvalue weighted by Gasteiger charge is 2.27. The van der Waals surface area contributed by atoms with Gasteiger partial charge in [-0.1, -0.05) is 23.8 Å². The van der Waals surface area contributed by atoms with Crippen LogP contribution in [0.4, 0.5) is 17.2 Å². The molecule has 1 aliphatic carbocycles. The van der Waals surface area contributed by atoms with Crippen LogP contribution in [0.2, 0.25) is 0 Å². The summed E-state index contributed by atoms with van der Waals surface area (Å²) in [5.74, 6) is 1.08. The molecule has 2 heterocycles. The highest BCUT2D eigenvalue weighted by atomic mass is 16.5. The first kappa shape index (κ1) is 23.8. The molecule has 1 N–H and O–H groups in total. The Morgan fingerprint density at radius 1 is 1.12 bits per heavy atom. The molecule has 4 rings (SSSR count). The maximum absolute atomic E-state index is 13.2. The van der Waals surface area contributed by atoms with Gasteiger partial charge in [0.25, 0.3) is 0 Å². The normalized spacial score (nSPS) is 16.4. The molecule has 1 aliphatic heterocycles. The van der Waals surface area contributed by atoms with E-state index in [1.807, 2.05) is 44.2 Å². The second-order valence-electron chi connectivity index (χ2n) is 8.92. The summed E-state index contributed by atoms with van der Waals surface area (Å²) < 4.78 is 10.9. The Hall–Kier alpha value is -3.32. The number of aromatic nitrogens is 1. The van der Waals surface area contributed by atoms with E-state index in [9.17, 15) is 4.79 Å². The summed E-state index contributed by atoms with van der Waals surface area (Å²) in [7, 11) is 1.64. The number of esters is 1. The summed E-state index contributed by atoms with van der Waals surface area (Å²) in [4.78, 5) is 22.5. The minimum Gasteiger partial charge on any atom is -0.497 e. The van der Waals surface area contributed by atoms with Crippen LogP contribution in [0, 0.1) is 0 Å². The molecular formula is C27H34N4O3. The van der Waals surface area contributed by atoms with Gasteiger partial charge < -0.3 is 19.7 Å². The topological polar surface area (TPSA) is 66.9 Å². The predicted octanol–water partition coefficient (Wildman–Crippen LogP) is 4.80. The van der Waals surface area contributed by atoms with Crippen LogP contribution < -0.4 is 15.0 Å². The molecule has 34 heavy (non-hydrogen) atoms. The first-order valence-corrected chi connectivity index (χ1v) is 12.0. The van der Waals surface area contributed by atoms with E-state index < -0.39 is 0 Å². The van der Waals surface area contributed by atoms with Gasteiger partial charge in [0.15, 0.2) is 0 Å². The van der Waals surface area contributed by atoms with Gasteiger partial charge in [-0.05, 0) is 57.0 Å². The summed E-state index contributed by atoms with van der Waals surface area (Å²) in [5.41, 5.74) is 3.50. The van der Waals surface area contributed by atoms with Gasteiger partial charge >= 0.3 is 5.97 Å². The van der Waals surface area contributed by atoms with Crippen molar-refractivity contribution in [3.8, 4) is 5.75 Å². The lowest BCUT2D eigenvalue weighted by Gasteiger charge is -2.36. The summed E-state index contributed by atoms with van der Waals surface area (Å²) in [6.45, 7) is 8.20. The van der Waals surface area contributed by atoms with E-state index in [2.05, 4.69) is 38.3 Å². The Labute approximate surface area is 202 Å². The monoisotopic (exact) mass is 462 g/mol. The maximum atomic E-state index is 13.2. The Bertz CT molecular complexity index is 1040. The van der Waals surface area contributed by atoms with Crippen LogP contribution in [0.5, 0.6) is 5.75 Å². The fraction of sp³-hybridized carbons (Fsp3) is 0.407. The van der Waals surface area contributed by atoms with Crippen molar-refractivity contribution in [1.82, 2.24) is 9.88 Å². The van der Waals surface area contributed by atoms with Crippen molar-refractivity contribution in [2.45, 2.75) is 32.8 Å². The highest BCUT2D eigenvalue weighted by molar-refractivity contribution is 6.01. The molecule has 180 valence electrons. The number of hydrogen-bond acceptors (Lipinski definition) is 7. The van der Waals surface area contributed by atoms with Crippen LogP contribution in [-0.4, -0.2) is 61.8 Å². The Balaban J connectivity index is 1.54. The van der Waals surface area contributed by atoms with Crippen LogP contribution in [0.15, 0.2) is 60.3 Å². The van der Waals surface area contributed by atoms with E-state index in [0.717, 1.165) is 57.0 Å². The summed E-state index contributed by atoms with van der Waals surface area (Å²) in [6, 6.07) is 9.43. The van der Waals surface area contributed by atoms with Crippen molar-refractivity contribution in [3.63, 3.8) is 0 Å². The molecule has 2 aliphatic rings. The SMILES string of the molecule is COc1ccc(Nc2ccnc(N3CCN(CC4=CC=CCC4)CC3)c2C(=O)OC(C)C)cc1. The van der Waals surface area contributed by atoms with Gasteiger partial charge in [-0.25, -0.2) is 9.78 Å². The summed E-state index contributed by atoms with van der Waals surface area (Å²) in [6.07, 6.45) is 10.4. The minimum absolute atomic E-state index is 0.218. The van der Waals surface area contributed by atoms with Crippen molar-refractivity contribution < 1.29 is 14.3 Å². The van der Waals surface area contributed by atoms with Crippen molar-refractivity contribution in [2.24, 2.45) is 0 Å². The zero-order valence-electron chi connectivity index (χ0n) is 20.3. The first-order valence-electron chi connectivity index (χ1n) is 12.0. The van der Waals surface area contributed by atoms with Crippen LogP contribution >= 0.6 is 0 Å². The number of piperazine rings is 1. The van der Waals surface area contributed by atoms with Crippen molar-refractivity contribution >= 4 is 23.2 Å². The summed E-state index contributed by atoms with van der Waals surface area (Å²) >= 11 is 0. The fourth-order valence-electron chi connectivity index (χ4n) is 4.29. The fourth-order valence-corrected chi connectivity index (χ4v) is 4.29. The highest BCUT2D eigenvalue weighted by Crippen LogP contribution is 2.30. The van der Waals surface area contributed by atoms with Crippen molar-refractivity contribution in [3.05, 3.63) is 65.9 Å².